The average molecular weight is 398 g/mol. The minimum absolute atomic E-state index is 0.100. The molecule has 5 atom stereocenters. The molecule has 1 unspecified atom stereocenters. The van der Waals surface area contributed by atoms with E-state index in [4.69, 9.17) is 9.84 Å². The summed E-state index contributed by atoms with van der Waals surface area (Å²) in [5.41, 5.74) is 0. The van der Waals surface area contributed by atoms with Crippen molar-refractivity contribution < 1.29 is 43.2 Å². The van der Waals surface area contributed by atoms with E-state index in [1.54, 1.807) is 0 Å². The lowest BCUT2D eigenvalue weighted by atomic mass is 9.98. The van der Waals surface area contributed by atoms with Crippen LogP contribution < -0.4 is 10.0 Å². The Bertz CT molecular complexity index is 766. The number of hydrogen-bond acceptors (Lipinski definition) is 11. The highest BCUT2D eigenvalue weighted by atomic mass is 32.2. The molecule has 2 rings (SSSR count). The van der Waals surface area contributed by atoms with Gasteiger partial charge in [-0.3, -0.25) is 4.79 Å². The number of carbonyl (C=O) groups is 2. The summed E-state index contributed by atoms with van der Waals surface area (Å²) < 4.78 is 30.5. The van der Waals surface area contributed by atoms with Crippen LogP contribution in [0.15, 0.2) is 4.34 Å². The summed E-state index contributed by atoms with van der Waals surface area (Å²) in [6, 6.07) is 0. The summed E-state index contributed by atoms with van der Waals surface area (Å²) in [6.45, 7) is 1.18. The summed E-state index contributed by atoms with van der Waals surface area (Å²) in [4.78, 5) is 21.9. The SMILES string of the molecule is CC(=O)Nc1nnc(S(=O)(=O)NC2O[C@H](C(=O)O)[C@@H](O)[C@H](O)[C@H]2O)s1. The molecule has 0 aliphatic carbocycles. The number of sulfonamides is 1. The van der Waals surface area contributed by atoms with Crippen LogP contribution in [-0.4, -0.2) is 81.6 Å². The Hall–Kier alpha value is -1.75. The number of amides is 1. The molecule has 0 radical (unpaired) electrons. The number of nitrogens with one attached hydrogen (secondary N) is 2. The monoisotopic (exact) mass is 398 g/mol. The number of nitrogens with zero attached hydrogens (tertiary/aromatic N) is 2. The maximum atomic E-state index is 12.2. The topological polar surface area (TPSA) is 208 Å². The van der Waals surface area contributed by atoms with Gasteiger partial charge in [-0.05, 0) is 0 Å². The molecule has 0 saturated carbocycles. The van der Waals surface area contributed by atoms with Crippen LogP contribution in [-0.2, 0) is 24.3 Å². The normalized spacial score (nSPS) is 30.0. The predicted molar refractivity (Wildman–Crippen MR) is 78.9 cm³/mol. The summed E-state index contributed by atoms with van der Waals surface area (Å²) in [5.74, 6) is -2.16. The first-order valence-electron chi connectivity index (χ1n) is 6.59. The van der Waals surface area contributed by atoms with Gasteiger partial charge in [-0.15, -0.1) is 10.2 Å². The number of carboxylic acid groups (broad SMARTS) is 1. The molecule has 1 saturated heterocycles. The molecular formula is C10H14N4O9S2. The molecule has 1 aliphatic rings. The maximum Gasteiger partial charge on any atom is 0.335 e. The smallest absolute Gasteiger partial charge is 0.335 e. The van der Waals surface area contributed by atoms with Gasteiger partial charge in [-0.2, -0.15) is 4.72 Å². The van der Waals surface area contributed by atoms with Gasteiger partial charge >= 0.3 is 5.97 Å². The van der Waals surface area contributed by atoms with Crippen molar-refractivity contribution in [3.05, 3.63) is 0 Å². The summed E-state index contributed by atoms with van der Waals surface area (Å²) >= 11 is 0.496. The molecule has 1 aliphatic heterocycles. The van der Waals surface area contributed by atoms with Gasteiger partial charge < -0.3 is 30.5 Å². The van der Waals surface area contributed by atoms with E-state index >= 15 is 0 Å². The Morgan fingerprint density at radius 2 is 1.80 bits per heavy atom. The lowest BCUT2D eigenvalue weighted by molar-refractivity contribution is -0.229. The maximum absolute atomic E-state index is 12.2. The number of aromatic nitrogens is 2. The van der Waals surface area contributed by atoms with Crippen LogP contribution in [0.3, 0.4) is 0 Å². The molecular weight excluding hydrogens is 384 g/mol. The highest BCUT2D eigenvalue weighted by Gasteiger charge is 2.48. The van der Waals surface area contributed by atoms with Crippen LogP contribution in [0.2, 0.25) is 0 Å². The molecule has 0 bridgehead atoms. The molecule has 0 aromatic carbocycles. The van der Waals surface area contributed by atoms with Crippen LogP contribution in [0.5, 0.6) is 0 Å². The Balaban J connectivity index is 2.19. The highest BCUT2D eigenvalue weighted by molar-refractivity contribution is 7.91. The second-order valence-electron chi connectivity index (χ2n) is 4.96. The zero-order valence-corrected chi connectivity index (χ0v) is 14.1. The number of anilines is 1. The van der Waals surface area contributed by atoms with Crippen LogP contribution in [0.4, 0.5) is 5.13 Å². The predicted octanol–water partition coefficient (Wildman–Crippen LogP) is -3.33. The standard InChI is InChI=1S/C10H14N4O9S2/c1-2(15)11-9-12-13-10(24-9)25(21,22)14-7-5(18)3(16)4(17)6(23-7)8(19)20/h3-7,14,16-18H,1H3,(H,19,20)(H,11,12,15)/t3-,4-,5+,6-,7?/m0/s1. The third-order valence-electron chi connectivity index (χ3n) is 3.05. The highest BCUT2D eigenvalue weighted by Crippen LogP contribution is 2.24. The van der Waals surface area contributed by atoms with Crippen molar-refractivity contribution in [1.29, 1.82) is 0 Å². The van der Waals surface area contributed by atoms with Crippen LogP contribution in [0.25, 0.3) is 0 Å². The van der Waals surface area contributed by atoms with Crippen molar-refractivity contribution in [2.45, 2.75) is 41.9 Å². The van der Waals surface area contributed by atoms with E-state index in [9.17, 15) is 33.3 Å². The number of rotatable bonds is 5. The third kappa shape index (κ3) is 4.27. The van der Waals surface area contributed by atoms with Crippen LogP contribution in [0, 0.1) is 0 Å². The first-order valence-corrected chi connectivity index (χ1v) is 8.89. The average Bonchev–Trinajstić information content (AvgIpc) is 2.96. The molecule has 13 nitrogen and oxygen atoms in total. The molecule has 1 amide bonds. The van der Waals surface area contributed by atoms with Gasteiger partial charge in [0.15, 0.2) is 12.3 Å². The Labute approximate surface area is 144 Å². The number of ether oxygens (including phenoxy) is 1. The second-order valence-corrected chi connectivity index (χ2v) is 7.83. The molecule has 1 fully saturated rings. The van der Waals surface area contributed by atoms with Gasteiger partial charge in [-0.1, -0.05) is 11.3 Å². The van der Waals surface area contributed by atoms with Gasteiger partial charge in [0, 0.05) is 6.92 Å². The number of aliphatic hydroxyl groups excluding tert-OH is 3. The van der Waals surface area contributed by atoms with Gasteiger partial charge in [0.2, 0.25) is 15.4 Å². The zero-order valence-electron chi connectivity index (χ0n) is 12.4. The van der Waals surface area contributed by atoms with E-state index in [2.05, 4.69) is 15.5 Å². The first-order chi connectivity index (χ1) is 11.5. The van der Waals surface area contributed by atoms with Crippen molar-refractivity contribution in [3.63, 3.8) is 0 Å². The number of carboxylic acids is 1. The minimum Gasteiger partial charge on any atom is -0.479 e. The van der Waals surface area contributed by atoms with Crippen molar-refractivity contribution in [2.75, 3.05) is 5.32 Å². The number of aliphatic hydroxyl groups is 3. The van der Waals surface area contributed by atoms with Crippen molar-refractivity contribution in [2.24, 2.45) is 0 Å². The number of aliphatic carboxylic acids is 1. The van der Waals surface area contributed by atoms with E-state index in [1.165, 1.54) is 6.92 Å². The van der Waals surface area contributed by atoms with E-state index in [1.807, 2.05) is 4.72 Å². The summed E-state index contributed by atoms with van der Waals surface area (Å²) in [5, 5.41) is 46.8. The minimum atomic E-state index is -4.42. The Morgan fingerprint density at radius 1 is 1.16 bits per heavy atom. The number of hydrogen-bond donors (Lipinski definition) is 6. The van der Waals surface area contributed by atoms with E-state index < -0.39 is 56.9 Å². The van der Waals surface area contributed by atoms with Gasteiger partial charge in [0.25, 0.3) is 10.0 Å². The first kappa shape index (κ1) is 19.6. The quantitative estimate of drug-likeness (QED) is 0.270. The Kier molecular flexibility index (Phi) is 5.67. The molecule has 0 spiro atoms. The van der Waals surface area contributed by atoms with Crippen LogP contribution in [0.1, 0.15) is 6.92 Å². The van der Waals surface area contributed by atoms with Gasteiger partial charge in [0.05, 0.1) is 0 Å². The fraction of sp³-hybridized carbons (Fsp3) is 0.600. The van der Waals surface area contributed by atoms with E-state index in [0.29, 0.717) is 11.3 Å². The summed E-state index contributed by atoms with van der Waals surface area (Å²) in [6.07, 6.45) is -9.69. The lowest BCUT2D eigenvalue weighted by Gasteiger charge is -2.38. The molecule has 15 heteroatoms. The third-order valence-corrected chi connectivity index (χ3v) is 5.67. The lowest BCUT2D eigenvalue weighted by Crippen LogP contribution is -2.64. The number of carbonyl (C=O) groups excluding carboxylic acids is 1. The molecule has 140 valence electrons. The molecule has 1 aromatic rings. The van der Waals surface area contributed by atoms with Gasteiger partial charge in [0.1, 0.15) is 18.3 Å². The molecule has 2 heterocycles. The molecule has 1 aromatic heterocycles. The molecule has 6 N–H and O–H groups in total. The van der Waals surface area contributed by atoms with Crippen molar-refractivity contribution in [3.8, 4) is 0 Å². The molecule has 25 heavy (non-hydrogen) atoms. The summed E-state index contributed by atoms with van der Waals surface area (Å²) in [7, 11) is -4.42. The Morgan fingerprint density at radius 3 is 2.36 bits per heavy atom. The van der Waals surface area contributed by atoms with E-state index in [-0.39, 0.29) is 5.13 Å². The van der Waals surface area contributed by atoms with Crippen molar-refractivity contribution in [1.82, 2.24) is 14.9 Å². The zero-order chi connectivity index (χ0) is 18.9. The van der Waals surface area contributed by atoms with Gasteiger partial charge in [-0.25, -0.2) is 13.2 Å². The fourth-order valence-electron chi connectivity index (χ4n) is 1.90. The van der Waals surface area contributed by atoms with E-state index in [0.717, 1.165) is 0 Å². The van der Waals surface area contributed by atoms with Crippen LogP contribution >= 0.6 is 11.3 Å². The largest absolute Gasteiger partial charge is 0.479 e. The fourth-order valence-corrected chi connectivity index (χ4v) is 4.00. The van der Waals surface area contributed by atoms with Crippen molar-refractivity contribution >= 4 is 38.4 Å². The second kappa shape index (κ2) is 7.24.